The lowest BCUT2D eigenvalue weighted by molar-refractivity contribution is -0.138. The van der Waals surface area contributed by atoms with Gasteiger partial charge in [-0.25, -0.2) is 0 Å². The number of hydrogen-bond donors (Lipinski definition) is 0. The van der Waals surface area contributed by atoms with Crippen LogP contribution in [0, 0.1) is 5.92 Å². The van der Waals surface area contributed by atoms with Gasteiger partial charge >= 0.3 is 6.18 Å². The van der Waals surface area contributed by atoms with Crippen molar-refractivity contribution in [1.82, 2.24) is 14.8 Å². The Morgan fingerprint density at radius 2 is 1.34 bits per heavy atom. The molecule has 8 heteroatoms. The number of hydrogen-bond acceptors (Lipinski definition) is 4. The molecule has 0 unspecified atom stereocenters. The van der Waals surface area contributed by atoms with Crippen molar-refractivity contribution >= 4 is 11.6 Å². The monoisotopic (exact) mass is 756 g/mol. The zero-order chi connectivity index (χ0) is 38.7. The highest BCUT2D eigenvalue weighted by Crippen LogP contribution is 2.31. The van der Waals surface area contributed by atoms with Crippen LogP contribution in [0.5, 0.6) is 0 Å². The Kier molecular flexibility index (Phi) is 12.9. The highest BCUT2D eigenvalue weighted by Gasteiger charge is 2.32. The minimum atomic E-state index is -4.38. The molecule has 5 aromatic rings. The molecule has 7 rings (SSSR count). The Morgan fingerprint density at radius 1 is 0.714 bits per heavy atom. The summed E-state index contributed by atoms with van der Waals surface area (Å²) in [4.78, 5) is 25.9. The van der Waals surface area contributed by atoms with Crippen molar-refractivity contribution in [2.75, 3.05) is 31.1 Å². The number of halogens is 3. The number of nitrogens with zero attached hydrogens (tertiary/aromatic N) is 4. The maximum atomic E-state index is 14.7. The number of carbonyl (C=O) groups is 1. The van der Waals surface area contributed by atoms with Crippen molar-refractivity contribution in [3.05, 3.63) is 179 Å². The van der Waals surface area contributed by atoms with E-state index in [0.29, 0.717) is 31.2 Å². The van der Waals surface area contributed by atoms with E-state index in [0.717, 1.165) is 87.1 Å². The number of benzene rings is 4. The fourth-order valence-electron chi connectivity index (χ4n) is 8.19. The Morgan fingerprint density at radius 3 is 1.96 bits per heavy atom. The highest BCUT2D eigenvalue weighted by molar-refractivity contribution is 5.82. The maximum absolute atomic E-state index is 14.7. The van der Waals surface area contributed by atoms with Gasteiger partial charge in [0, 0.05) is 62.6 Å². The first kappa shape index (κ1) is 38.9. The number of alkyl halides is 3. The summed E-state index contributed by atoms with van der Waals surface area (Å²) in [5, 5.41) is 0. The molecular formula is C48H51F3N4O. The third-order valence-electron chi connectivity index (χ3n) is 11.5. The quantitative estimate of drug-likeness (QED) is 0.120. The molecule has 2 aliphatic rings. The van der Waals surface area contributed by atoms with E-state index in [9.17, 15) is 18.0 Å². The van der Waals surface area contributed by atoms with Crippen LogP contribution in [-0.4, -0.2) is 52.9 Å². The average Bonchev–Trinajstić information content (AvgIpc) is 3.24. The van der Waals surface area contributed by atoms with E-state index in [1.807, 2.05) is 53.7 Å². The highest BCUT2D eigenvalue weighted by atomic mass is 19.4. The van der Waals surface area contributed by atoms with Crippen LogP contribution in [0.1, 0.15) is 65.1 Å². The van der Waals surface area contributed by atoms with Gasteiger partial charge in [0.15, 0.2) is 0 Å². The maximum Gasteiger partial charge on any atom is 0.416 e. The number of likely N-dealkylation sites (tertiary alicyclic amines) is 1. The average molecular weight is 757 g/mol. The summed E-state index contributed by atoms with van der Waals surface area (Å²) >= 11 is 0. The number of amides is 1. The molecule has 2 saturated heterocycles. The van der Waals surface area contributed by atoms with E-state index in [2.05, 4.69) is 87.6 Å². The molecule has 0 aliphatic carbocycles. The summed E-state index contributed by atoms with van der Waals surface area (Å²) in [7, 11) is 0. The second-order valence-electron chi connectivity index (χ2n) is 15.3. The third-order valence-corrected chi connectivity index (χ3v) is 11.5. The third kappa shape index (κ3) is 10.5. The fraction of sp³-hybridized carbons (Fsp3) is 0.333. The Hall–Kier alpha value is -5.37. The lowest BCUT2D eigenvalue weighted by Crippen LogP contribution is -2.50. The van der Waals surface area contributed by atoms with Crippen molar-refractivity contribution in [2.24, 2.45) is 5.92 Å². The molecule has 0 radical (unpaired) electrons. The van der Waals surface area contributed by atoms with Gasteiger partial charge in [-0.2, -0.15) is 13.2 Å². The van der Waals surface area contributed by atoms with E-state index < -0.39 is 17.8 Å². The molecule has 0 N–H and O–H groups in total. The number of anilines is 1. The first-order valence-electron chi connectivity index (χ1n) is 20.0. The van der Waals surface area contributed by atoms with Crippen molar-refractivity contribution in [3.63, 3.8) is 0 Å². The van der Waals surface area contributed by atoms with Crippen LogP contribution in [0.3, 0.4) is 0 Å². The van der Waals surface area contributed by atoms with E-state index in [4.69, 9.17) is 0 Å². The minimum Gasteiger partial charge on any atom is -0.371 e. The topological polar surface area (TPSA) is 39.7 Å². The molecule has 1 aromatic heterocycles. The van der Waals surface area contributed by atoms with Crippen molar-refractivity contribution < 1.29 is 18.0 Å². The normalized spacial score (nSPS) is 16.3. The molecule has 5 nitrogen and oxygen atoms in total. The van der Waals surface area contributed by atoms with E-state index in [1.54, 1.807) is 0 Å². The summed E-state index contributed by atoms with van der Waals surface area (Å²) in [6, 6.07) is 40.4. The molecule has 2 aliphatic heterocycles. The van der Waals surface area contributed by atoms with Gasteiger partial charge in [0.25, 0.3) is 0 Å². The first-order chi connectivity index (χ1) is 27.3. The predicted molar refractivity (Wildman–Crippen MR) is 218 cm³/mol. The number of rotatable bonds is 13. The molecule has 4 aromatic carbocycles. The van der Waals surface area contributed by atoms with Gasteiger partial charge in [0.2, 0.25) is 5.91 Å². The molecule has 0 saturated carbocycles. The lowest BCUT2D eigenvalue weighted by Gasteiger charge is -2.38. The fourth-order valence-corrected chi connectivity index (χ4v) is 8.19. The zero-order valence-electron chi connectivity index (χ0n) is 31.9. The Bertz CT molecular complexity index is 1970. The van der Waals surface area contributed by atoms with Crippen molar-refractivity contribution in [3.8, 4) is 0 Å². The summed E-state index contributed by atoms with van der Waals surface area (Å²) in [5.74, 6) is 1.12. The van der Waals surface area contributed by atoms with E-state index in [1.165, 1.54) is 29.1 Å². The number of aromatic nitrogens is 1. The van der Waals surface area contributed by atoms with E-state index >= 15 is 0 Å². The molecule has 56 heavy (non-hydrogen) atoms. The van der Waals surface area contributed by atoms with Gasteiger partial charge in [0.05, 0.1) is 5.56 Å². The second kappa shape index (κ2) is 18.5. The second-order valence-corrected chi connectivity index (χ2v) is 15.3. The van der Waals surface area contributed by atoms with E-state index in [-0.39, 0.29) is 5.91 Å². The van der Waals surface area contributed by atoms with Gasteiger partial charge < -0.3 is 14.7 Å². The molecule has 1 atom stereocenters. The molecule has 2 fully saturated rings. The summed E-state index contributed by atoms with van der Waals surface area (Å²) in [5.41, 5.74) is 5.98. The van der Waals surface area contributed by atoms with Gasteiger partial charge in [0.1, 0.15) is 6.04 Å². The van der Waals surface area contributed by atoms with Crippen LogP contribution in [0.2, 0.25) is 0 Å². The summed E-state index contributed by atoms with van der Waals surface area (Å²) in [6.45, 7) is 3.89. The molecule has 290 valence electrons. The van der Waals surface area contributed by atoms with Crippen LogP contribution >= 0.6 is 0 Å². The molecular weight excluding hydrogens is 706 g/mol. The van der Waals surface area contributed by atoms with Gasteiger partial charge in [-0.1, -0.05) is 97.1 Å². The number of carbonyl (C=O) groups excluding carboxylic acids is 1. The number of allylic oxidation sites excluding steroid dienone is 1. The SMILES string of the molecule is O=C([C@H](Cc1ccccc1)N(C=CCc1ccc(C(F)(F)F)cc1)Cc1ccc(N2CCC(c3ccccn3)CC2)cc1)N1CCC(Cc2ccccc2)CC1. The predicted octanol–water partition coefficient (Wildman–Crippen LogP) is 10.1. The summed E-state index contributed by atoms with van der Waals surface area (Å²) in [6.07, 6.45) is 7.50. The zero-order valence-corrected chi connectivity index (χ0v) is 31.9. The van der Waals surface area contributed by atoms with Gasteiger partial charge in [-0.3, -0.25) is 9.78 Å². The molecule has 3 heterocycles. The molecule has 0 bridgehead atoms. The Labute approximate surface area is 329 Å². The molecule has 1 amide bonds. The Balaban J connectivity index is 1.09. The first-order valence-corrected chi connectivity index (χ1v) is 20.0. The van der Waals surface area contributed by atoms with Crippen LogP contribution in [0.25, 0.3) is 0 Å². The number of piperidine rings is 2. The number of pyridine rings is 1. The van der Waals surface area contributed by atoms with Crippen LogP contribution in [0.15, 0.2) is 146 Å². The van der Waals surface area contributed by atoms with Crippen molar-refractivity contribution in [2.45, 2.75) is 69.6 Å². The largest absolute Gasteiger partial charge is 0.416 e. The van der Waals surface area contributed by atoms with Crippen LogP contribution in [0.4, 0.5) is 18.9 Å². The standard InChI is InChI=1S/C48H51F3N4O/c49-48(50,51)43-20-16-37(17-21-43)14-9-29-55(36-41-18-22-44(23-19-41)53-32-26-42(27-33-53)45-15-7-8-28-52-45)46(35-39-12-5-2-6-13-39)47(56)54-30-24-40(25-31-54)34-38-10-3-1-4-11-38/h1-13,15-23,28-29,40,42,46H,14,24-27,30-36H2/t46-/m0/s1. The lowest BCUT2D eigenvalue weighted by atomic mass is 9.89. The van der Waals surface area contributed by atoms with Crippen molar-refractivity contribution in [1.29, 1.82) is 0 Å². The summed E-state index contributed by atoms with van der Waals surface area (Å²) < 4.78 is 39.7. The smallest absolute Gasteiger partial charge is 0.371 e. The van der Waals surface area contributed by atoms with Gasteiger partial charge in [-0.15, -0.1) is 0 Å². The van der Waals surface area contributed by atoms with Gasteiger partial charge in [-0.05, 0) is 109 Å². The van der Waals surface area contributed by atoms with Crippen LogP contribution in [-0.2, 0) is 36.8 Å². The van der Waals surface area contributed by atoms with Crippen LogP contribution < -0.4 is 4.90 Å². The molecule has 0 spiro atoms. The minimum absolute atomic E-state index is 0.110.